The highest BCUT2D eigenvalue weighted by Crippen LogP contribution is 2.26. The van der Waals surface area contributed by atoms with Crippen LogP contribution >= 0.6 is 0 Å². The number of hydrogen-bond acceptors (Lipinski definition) is 4. The fraction of sp³-hybridized carbons (Fsp3) is 0.294. The Balaban J connectivity index is 1.63. The molecule has 6 nitrogen and oxygen atoms in total. The Morgan fingerprint density at radius 3 is 2.91 bits per heavy atom. The number of rotatable bonds is 4. The average Bonchev–Trinajstić information content (AvgIpc) is 3.08. The molecule has 1 aliphatic rings. The highest BCUT2D eigenvalue weighted by atomic mass is 16.3. The molecule has 0 fully saturated rings. The van der Waals surface area contributed by atoms with Gasteiger partial charge >= 0.3 is 0 Å². The Bertz CT molecular complexity index is 723. The summed E-state index contributed by atoms with van der Waals surface area (Å²) in [5.74, 6) is 0.0755. The van der Waals surface area contributed by atoms with Crippen LogP contribution in [0.25, 0.3) is 0 Å². The van der Waals surface area contributed by atoms with Crippen LogP contribution in [0.5, 0.6) is 0 Å². The molecule has 0 bridgehead atoms. The molecule has 0 saturated heterocycles. The van der Waals surface area contributed by atoms with Crippen LogP contribution in [-0.2, 0) is 17.8 Å². The molecule has 3 N–H and O–H groups in total. The van der Waals surface area contributed by atoms with Crippen LogP contribution in [0.4, 0.5) is 5.69 Å². The smallest absolute Gasteiger partial charge is 0.254 e. The number of nitrogens with one attached hydrogen (secondary N) is 1. The quantitative estimate of drug-likeness (QED) is 0.894. The van der Waals surface area contributed by atoms with E-state index in [-0.39, 0.29) is 24.9 Å². The topological polar surface area (TPSA) is 88.6 Å². The predicted molar refractivity (Wildman–Crippen MR) is 86.0 cm³/mol. The number of nitrogens with two attached hydrogens (primary N) is 1. The number of hydrogen-bond donors (Lipinski definition) is 2. The van der Waals surface area contributed by atoms with E-state index in [1.807, 2.05) is 24.3 Å². The van der Waals surface area contributed by atoms with Gasteiger partial charge in [0.05, 0.1) is 18.7 Å². The summed E-state index contributed by atoms with van der Waals surface area (Å²) in [4.78, 5) is 26.2. The Kier molecular flexibility index (Phi) is 4.43. The number of benzene rings is 1. The number of fused-ring (bicyclic) bond motifs is 1. The van der Waals surface area contributed by atoms with E-state index in [2.05, 4.69) is 5.32 Å². The van der Waals surface area contributed by atoms with Gasteiger partial charge in [-0.05, 0) is 30.5 Å². The molecule has 2 aromatic rings. The third-order valence-electron chi connectivity index (χ3n) is 3.93. The molecule has 1 aromatic heterocycles. The van der Waals surface area contributed by atoms with Gasteiger partial charge in [0.2, 0.25) is 5.91 Å². The van der Waals surface area contributed by atoms with Gasteiger partial charge < -0.3 is 20.4 Å². The maximum atomic E-state index is 12.4. The van der Waals surface area contributed by atoms with Crippen molar-refractivity contribution in [3.8, 4) is 0 Å². The van der Waals surface area contributed by atoms with E-state index >= 15 is 0 Å². The van der Waals surface area contributed by atoms with E-state index in [0.29, 0.717) is 17.9 Å². The Labute approximate surface area is 134 Å². The van der Waals surface area contributed by atoms with Crippen LogP contribution in [0.3, 0.4) is 0 Å². The van der Waals surface area contributed by atoms with Crippen molar-refractivity contribution < 1.29 is 14.0 Å². The Morgan fingerprint density at radius 1 is 1.30 bits per heavy atom. The second-order valence-corrected chi connectivity index (χ2v) is 5.47. The van der Waals surface area contributed by atoms with Gasteiger partial charge in [0, 0.05) is 12.2 Å². The van der Waals surface area contributed by atoms with Crippen molar-refractivity contribution in [2.75, 3.05) is 18.0 Å². The lowest BCUT2D eigenvalue weighted by Gasteiger charge is -2.29. The zero-order valence-electron chi connectivity index (χ0n) is 12.7. The summed E-state index contributed by atoms with van der Waals surface area (Å²) in [6.07, 6.45) is 3.25. The van der Waals surface area contributed by atoms with Crippen LogP contribution in [0.2, 0.25) is 0 Å². The summed E-state index contributed by atoms with van der Waals surface area (Å²) in [5, 5.41) is 2.63. The minimum Gasteiger partial charge on any atom is -0.467 e. The molecule has 120 valence electrons. The van der Waals surface area contributed by atoms with Crippen molar-refractivity contribution >= 4 is 17.5 Å². The number of furan rings is 1. The summed E-state index contributed by atoms with van der Waals surface area (Å²) in [7, 11) is 0. The molecule has 0 saturated carbocycles. The summed E-state index contributed by atoms with van der Waals surface area (Å²) < 4.78 is 5.12. The fourth-order valence-electron chi connectivity index (χ4n) is 2.75. The van der Waals surface area contributed by atoms with Crippen LogP contribution in [0, 0.1) is 0 Å². The van der Waals surface area contributed by atoms with Gasteiger partial charge in [0.15, 0.2) is 0 Å². The zero-order chi connectivity index (χ0) is 16.2. The van der Waals surface area contributed by atoms with Gasteiger partial charge in [-0.25, -0.2) is 0 Å². The molecule has 1 aliphatic heterocycles. The van der Waals surface area contributed by atoms with E-state index in [9.17, 15) is 9.59 Å². The van der Waals surface area contributed by atoms with Crippen molar-refractivity contribution in [3.05, 3.63) is 53.5 Å². The molecular formula is C17H19N3O3. The first-order valence-corrected chi connectivity index (χ1v) is 7.63. The number of carbonyl (C=O) groups excluding carboxylic acids is 2. The number of nitrogens with zero attached hydrogens (tertiary/aromatic N) is 1. The molecule has 2 amide bonds. The second-order valence-electron chi connectivity index (χ2n) is 5.47. The molecule has 0 radical (unpaired) electrons. The first-order chi connectivity index (χ1) is 11.2. The van der Waals surface area contributed by atoms with E-state index in [1.165, 1.54) is 11.8 Å². The van der Waals surface area contributed by atoms with Gasteiger partial charge in [-0.3, -0.25) is 9.59 Å². The third-order valence-corrected chi connectivity index (χ3v) is 3.93. The molecule has 3 rings (SSSR count). The second kappa shape index (κ2) is 6.66. The molecule has 0 unspecified atom stereocenters. The van der Waals surface area contributed by atoms with Gasteiger partial charge in [-0.2, -0.15) is 0 Å². The summed E-state index contributed by atoms with van der Waals surface area (Å²) in [6, 6.07) is 9.45. The van der Waals surface area contributed by atoms with E-state index in [4.69, 9.17) is 10.2 Å². The number of para-hydroxylation sites is 1. The van der Waals surface area contributed by atoms with Gasteiger partial charge in [-0.1, -0.05) is 18.2 Å². The van der Waals surface area contributed by atoms with Gasteiger partial charge in [0.25, 0.3) is 5.91 Å². The van der Waals surface area contributed by atoms with Crippen LogP contribution in [-0.4, -0.2) is 24.9 Å². The molecule has 2 heterocycles. The lowest BCUT2D eigenvalue weighted by atomic mass is 10.0. The molecule has 23 heavy (non-hydrogen) atoms. The van der Waals surface area contributed by atoms with E-state index < -0.39 is 0 Å². The van der Waals surface area contributed by atoms with Crippen molar-refractivity contribution in [2.24, 2.45) is 5.73 Å². The minimum atomic E-state index is -0.341. The Hall–Kier alpha value is -2.60. The van der Waals surface area contributed by atoms with Crippen LogP contribution < -0.4 is 16.0 Å². The average molecular weight is 313 g/mol. The fourth-order valence-corrected chi connectivity index (χ4v) is 2.75. The number of amides is 2. The lowest BCUT2D eigenvalue weighted by Crippen LogP contribution is -2.42. The number of anilines is 1. The lowest BCUT2D eigenvalue weighted by molar-refractivity contribution is -0.117. The molecular weight excluding hydrogens is 294 g/mol. The zero-order valence-corrected chi connectivity index (χ0v) is 12.7. The van der Waals surface area contributed by atoms with Crippen molar-refractivity contribution in [1.29, 1.82) is 0 Å². The van der Waals surface area contributed by atoms with Crippen molar-refractivity contribution in [1.82, 2.24) is 5.32 Å². The van der Waals surface area contributed by atoms with Crippen molar-refractivity contribution in [2.45, 2.75) is 19.4 Å². The summed E-state index contributed by atoms with van der Waals surface area (Å²) in [5.41, 5.74) is 7.92. The summed E-state index contributed by atoms with van der Waals surface area (Å²) >= 11 is 0. The molecule has 1 aromatic carbocycles. The highest BCUT2D eigenvalue weighted by Gasteiger charge is 2.22. The largest absolute Gasteiger partial charge is 0.467 e. The summed E-state index contributed by atoms with van der Waals surface area (Å²) in [6.45, 7) is 0.863. The standard InChI is InChI=1S/C17H19N3O3/c18-9-14-8-13(11-23-14)17(22)19-10-16(21)20-7-3-5-12-4-1-2-6-15(12)20/h1-2,4,6,8,11H,3,5,7,9-10,18H2,(H,19,22). The van der Waals surface area contributed by atoms with Crippen LogP contribution in [0.1, 0.15) is 28.1 Å². The van der Waals surface area contributed by atoms with Crippen molar-refractivity contribution in [3.63, 3.8) is 0 Å². The monoisotopic (exact) mass is 313 g/mol. The van der Waals surface area contributed by atoms with Gasteiger partial charge in [-0.15, -0.1) is 0 Å². The predicted octanol–water partition coefficient (Wildman–Crippen LogP) is 1.45. The maximum absolute atomic E-state index is 12.4. The normalized spacial score (nSPS) is 13.5. The molecule has 0 spiro atoms. The van der Waals surface area contributed by atoms with Gasteiger partial charge in [0.1, 0.15) is 12.0 Å². The third kappa shape index (κ3) is 3.27. The molecule has 0 aliphatic carbocycles. The first-order valence-electron chi connectivity index (χ1n) is 7.63. The number of carbonyl (C=O) groups is 2. The van der Waals surface area contributed by atoms with E-state index in [0.717, 1.165) is 18.5 Å². The van der Waals surface area contributed by atoms with Crippen LogP contribution in [0.15, 0.2) is 41.0 Å². The molecule has 6 heteroatoms. The molecule has 0 atom stereocenters. The highest BCUT2D eigenvalue weighted by molar-refractivity contribution is 6.00. The van der Waals surface area contributed by atoms with E-state index in [1.54, 1.807) is 11.0 Å². The number of aryl methyl sites for hydroxylation is 1. The first kappa shape index (κ1) is 15.3. The minimum absolute atomic E-state index is 0.0453. The maximum Gasteiger partial charge on any atom is 0.254 e. The SMILES string of the molecule is NCc1cc(C(=O)NCC(=O)N2CCCc3ccccc32)co1. The Morgan fingerprint density at radius 2 is 2.13 bits per heavy atom.